The fraction of sp³-hybridized carbons (Fsp3) is 0.125. The van der Waals surface area contributed by atoms with E-state index in [1.165, 1.54) is 0 Å². The van der Waals surface area contributed by atoms with Gasteiger partial charge in [0, 0.05) is 11.1 Å². The van der Waals surface area contributed by atoms with Crippen molar-refractivity contribution in [1.82, 2.24) is 25.2 Å². The van der Waals surface area contributed by atoms with Crippen molar-refractivity contribution in [1.29, 1.82) is 0 Å². The summed E-state index contributed by atoms with van der Waals surface area (Å²) in [6.07, 6.45) is 1.64. The summed E-state index contributed by atoms with van der Waals surface area (Å²) in [6.45, 7) is 0.521. The van der Waals surface area contributed by atoms with E-state index in [-0.39, 0.29) is 0 Å². The van der Waals surface area contributed by atoms with Crippen LogP contribution in [-0.2, 0) is 12.3 Å². The van der Waals surface area contributed by atoms with Crippen molar-refractivity contribution < 1.29 is 4.42 Å². The number of benzene rings is 1. The fourth-order valence-corrected chi connectivity index (χ4v) is 3.06. The van der Waals surface area contributed by atoms with Crippen LogP contribution in [0.15, 0.2) is 64.4 Å². The third-order valence-corrected chi connectivity index (χ3v) is 4.38. The zero-order chi connectivity index (χ0) is 15.5. The molecule has 0 aliphatic heterocycles. The number of rotatable bonds is 5. The van der Waals surface area contributed by atoms with Gasteiger partial charge in [-0.1, -0.05) is 36.0 Å². The van der Waals surface area contributed by atoms with Crippen LogP contribution in [0.5, 0.6) is 0 Å². The van der Waals surface area contributed by atoms with Gasteiger partial charge in [0.1, 0.15) is 12.3 Å². The SMILES string of the molecule is c1coc(Cn2nnnc2SCc2ccc3ccccc3n2)c1. The molecule has 0 aliphatic carbocycles. The second kappa shape index (κ2) is 6.21. The van der Waals surface area contributed by atoms with E-state index in [4.69, 9.17) is 4.42 Å². The molecule has 0 fully saturated rings. The molecule has 0 saturated heterocycles. The van der Waals surface area contributed by atoms with E-state index in [9.17, 15) is 0 Å². The predicted octanol–water partition coefficient (Wildman–Crippen LogP) is 3.15. The molecule has 0 N–H and O–H groups in total. The Balaban J connectivity index is 1.49. The molecule has 3 aromatic heterocycles. The first-order valence-corrected chi connectivity index (χ1v) is 8.13. The number of aromatic nitrogens is 5. The largest absolute Gasteiger partial charge is 0.467 e. The molecule has 6 nitrogen and oxygen atoms in total. The topological polar surface area (TPSA) is 69.6 Å². The molecule has 4 aromatic rings. The molecule has 3 heterocycles. The first-order chi connectivity index (χ1) is 11.4. The highest BCUT2D eigenvalue weighted by atomic mass is 32.2. The van der Waals surface area contributed by atoms with Gasteiger partial charge in [0.15, 0.2) is 0 Å². The molecule has 0 aliphatic rings. The van der Waals surface area contributed by atoms with Crippen LogP contribution in [0.25, 0.3) is 10.9 Å². The molecule has 114 valence electrons. The summed E-state index contributed by atoms with van der Waals surface area (Å²) in [7, 11) is 0. The summed E-state index contributed by atoms with van der Waals surface area (Å²) in [6, 6.07) is 16.0. The summed E-state index contributed by atoms with van der Waals surface area (Å²) in [4.78, 5) is 4.66. The van der Waals surface area contributed by atoms with E-state index in [2.05, 4.69) is 32.6 Å². The lowest BCUT2D eigenvalue weighted by atomic mass is 10.2. The first-order valence-electron chi connectivity index (χ1n) is 7.14. The lowest BCUT2D eigenvalue weighted by Crippen LogP contribution is -2.03. The van der Waals surface area contributed by atoms with Crippen LogP contribution in [0.4, 0.5) is 0 Å². The van der Waals surface area contributed by atoms with Crippen LogP contribution in [0.3, 0.4) is 0 Å². The van der Waals surface area contributed by atoms with Crippen LogP contribution >= 0.6 is 11.8 Å². The fourth-order valence-electron chi connectivity index (χ4n) is 2.28. The molecule has 0 saturated carbocycles. The van der Waals surface area contributed by atoms with Crippen molar-refractivity contribution in [2.75, 3.05) is 0 Å². The molecule has 4 rings (SSSR count). The number of furan rings is 1. The number of hydrogen-bond donors (Lipinski definition) is 0. The molecular formula is C16H13N5OS. The average Bonchev–Trinajstić information content (AvgIpc) is 3.25. The third kappa shape index (κ3) is 3.09. The minimum absolute atomic E-state index is 0.521. The van der Waals surface area contributed by atoms with Crippen molar-refractivity contribution in [3.63, 3.8) is 0 Å². The Morgan fingerprint density at radius 2 is 2.00 bits per heavy atom. The maximum Gasteiger partial charge on any atom is 0.210 e. The molecule has 0 spiro atoms. The Morgan fingerprint density at radius 1 is 1.04 bits per heavy atom. The van der Waals surface area contributed by atoms with Crippen molar-refractivity contribution in [3.05, 3.63) is 66.2 Å². The van der Waals surface area contributed by atoms with Gasteiger partial charge in [-0.2, -0.15) is 0 Å². The summed E-state index contributed by atoms with van der Waals surface area (Å²) in [5.41, 5.74) is 2.00. The van der Waals surface area contributed by atoms with Gasteiger partial charge >= 0.3 is 0 Å². The Hall–Kier alpha value is -2.67. The van der Waals surface area contributed by atoms with E-state index in [0.29, 0.717) is 12.3 Å². The Morgan fingerprint density at radius 3 is 2.91 bits per heavy atom. The van der Waals surface area contributed by atoms with Gasteiger partial charge < -0.3 is 4.42 Å². The number of para-hydroxylation sites is 1. The summed E-state index contributed by atoms with van der Waals surface area (Å²) in [5, 5.41) is 13.7. The molecule has 0 atom stereocenters. The van der Waals surface area contributed by atoms with Crippen LogP contribution < -0.4 is 0 Å². The van der Waals surface area contributed by atoms with Gasteiger partial charge in [0.05, 0.1) is 17.5 Å². The monoisotopic (exact) mass is 323 g/mol. The number of hydrogen-bond acceptors (Lipinski definition) is 6. The lowest BCUT2D eigenvalue weighted by Gasteiger charge is -2.04. The highest BCUT2D eigenvalue weighted by molar-refractivity contribution is 7.98. The number of fused-ring (bicyclic) bond motifs is 1. The van der Waals surface area contributed by atoms with E-state index >= 15 is 0 Å². The number of nitrogens with zero attached hydrogens (tertiary/aromatic N) is 5. The van der Waals surface area contributed by atoms with E-state index in [1.807, 2.05) is 36.4 Å². The standard InChI is InChI=1S/C16H13N5OS/c1-2-6-15-12(4-1)7-8-13(17-15)11-23-16-18-19-20-21(16)10-14-5-3-9-22-14/h1-9H,10-11H2. The molecule has 7 heteroatoms. The maximum atomic E-state index is 5.33. The maximum absolute atomic E-state index is 5.33. The minimum Gasteiger partial charge on any atom is -0.467 e. The zero-order valence-corrected chi connectivity index (χ0v) is 13.0. The summed E-state index contributed by atoms with van der Waals surface area (Å²) >= 11 is 1.56. The molecule has 23 heavy (non-hydrogen) atoms. The first kappa shape index (κ1) is 14.0. The van der Waals surface area contributed by atoms with Gasteiger partial charge in [-0.3, -0.25) is 4.98 Å². The van der Waals surface area contributed by atoms with E-state index < -0.39 is 0 Å². The predicted molar refractivity (Wildman–Crippen MR) is 86.9 cm³/mol. The van der Waals surface area contributed by atoms with Crippen molar-refractivity contribution in [2.45, 2.75) is 17.5 Å². The quantitative estimate of drug-likeness (QED) is 0.525. The second-order valence-electron chi connectivity index (χ2n) is 4.98. The van der Waals surface area contributed by atoms with Crippen LogP contribution in [0, 0.1) is 0 Å². The van der Waals surface area contributed by atoms with Crippen molar-refractivity contribution in [3.8, 4) is 0 Å². The summed E-state index contributed by atoms with van der Waals surface area (Å²) in [5.74, 6) is 1.53. The Labute approximate surface area is 136 Å². The van der Waals surface area contributed by atoms with Crippen molar-refractivity contribution >= 4 is 22.7 Å². The molecule has 0 bridgehead atoms. The lowest BCUT2D eigenvalue weighted by molar-refractivity contribution is 0.462. The Bertz CT molecular complexity index is 919. The van der Waals surface area contributed by atoms with Crippen LogP contribution in [-0.4, -0.2) is 25.2 Å². The van der Waals surface area contributed by atoms with Gasteiger partial charge in [0.25, 0.3) is 0 Å². The third-order valence-electron chi connectivity index (χ3n) is 3.39. The van der Waals surface area contributed by atoms with Crippen molar-refractivity contribution in [2.24, 2.45) is 0 Å². The Kier molecular flexibility index (Phi) is 3.77. The normalized spacial score (nSPS) is 11.1. The molecule has 1 aromatic carbocycles. The number of tetrazole rings is 1. The smallest absolute Gasteiger partial charge is 0.210 e. The van der Waals surface area contributed by atoms with Gasteiger partial charge in [-0.15, -0.1) is 5.10 Å². The van der Waals surface area contributed by atoms with Gasteiger partial charge in [0.2, 0.25) is 5.16 Å². The highest BCUT2D eigenvalue weighted by Crippen LogP contribution is 2.21. The number of thioether (sulfide) groups is 1. The van der Waals surface area contributed by atoms with E-state index in [1.54, 1.807) is 22.7 Å². The van der Waals surface area contributed by atoms with Gasteiger partial charge in [-0.25, -0.2) is 4.68 Å². The van der Waals surface area contributed by atoms with Gasteiger partial charge in [-0.05, 0) is 34.7 Å². The zero-order valence-electron chi connectivity index (χ0n) is 12.2. The molecule has 0 unspecified atom stereocenters. The van der Waals surface area contributed by atoms with E-state index in [0.717, 1.165) is 27.5 Å². The van der Waals surface area contributed by atoms with Crippen LogP contribution in [0.1, 0.15) is 11.5 Å². The van der Waals surface area contributed by atoms with Crippen LogP contribution in [0.2, 0.25) is 0 Å². The highest BCUT2D eigenvalue weighted by Gasteiger charge is 2.09. The molecule has 0 radical (unpaired) electrons. The average molecular weight is 323 g/mol. The summed E-state index contributed by atoms with van der Waals surface area (Å²) < 4.78 is 7.06. The minimum atomic E-state index is 0.521. The number of pyridine rings is 1. The molecular weight excluding hydrogens is 310 g/mol. The second-order valence-corrected chi connectivity index (χ2v) is 5.92. The molecule has 0 amide bonds.